The van der Waals surface area contributed by atoms with Crippen LogP contribution >= 0.6 is 0 Å². The Hall–Kier alpha value is -6.98. The summed E-state index contributed by atoms with van der Waals surface area (Å²) in [5, 5.41) is 0. The molecule has 2 aliphatic heterocycles. The Kier molecular flexibility index (Phi) is 24.0. The first-order chi connectivity index (χ1) is 41.7. The molecule has 8 aromatic rings. The van der Waals surface area contributed by atoms with Crippen LogP contribution in [0.25, 0.3) is 0 Å². The molecule has 436 valence electrons. The van der Waals surface area contributed by atoms with Crippen molar-refractivity contribution in [3.05, 3.63) is 299 Å². The molecule has 0 saturated carbocycles. The van der Waals surface area contributed by atoms with E-state index in [0.717, 1.165) is 44.5 Å². The van der Waals surface area contributed by atoms with E-state index in [9.17, 15) is 0 Å². The topological polar surface area (TPSA) is 111 Å². The van der Waals surface area contributed by atoms with Crippen molar-refractivity contribution in [3.8, 4) is 0 Å². The number of hydrogen-bond donors (Lipinski definition) is 0. The van der Waals surface area contributed by atoms with Crippen LogP contribution in [0.4, 0.5) is 0 Å². The molecule has 0 amide bonds. The maximum absolute atomic E-state index is 6.97. The van der Waals surface area contributed by atoms with E-state index in [2.05, 4.69) is 0 Å². The van der Waals surface area contributed by atoms with Gasteiger partial charge in [-0.2, -0.15) is 0 Å². The highest BCUT2D eigenvalue weighted by Crippen LogP contribution is 2.34. The third-order valence-electron chi connectivity index (χ3n) is 14.6. The van der Waals surface area contributed by atoms with Gasteiger partial charge in [0.05, 0.1) is 79.3 Å². The fourth-order valence-corrected chi connectivity index (χ4v) is 10.2. The van der Waals surface area contributed by atoms with E-state index in [1.54, 1.807) is 0 Å². The van der Waals surface area contributed by atoms with Crippen LogP contribution in [0.2, 0.25) is 0 Å². The molecule has 10 atom stereocenters. The van der Waals surface area contributed by atoms with Gasteiger partial charge >= 0.3 is 0 Å². The normalized spacial score (nSPS) is 22.5. The molecule has 2 fully saturated rings. The Morgan fingerprint density at radius 1 is 0.238 bits per heavy atom. The second kappa shape index (κ2) is 33.5. The van der Waals surface area contributed by atoms with Gasteiger partial charge in [0, 0.05) is 0 Å². The van der Waals surface area contributed by atoms with Crippen molar-refractivity contribution < 1.29 is 56.8 Å². The first-order valence-electron chi connectivity index (χ1n) is 29.0. The van der Waals surface area contributed by atoms with Crippen molar-refractivity contribution in [2.24, 2.45) is 0 Å². The van der Waals surface area contributed by atoms with Crippen molar-refractivity contribution in [2.45, 2.75) is 114 Å². The third-order valence-corrected chi connectivity index (χ3v) is 14.6. The molecule has 84 heavy (non-hydrogen) atoms. The largest absolute Gasteiger partial charge is 0.374 e. The van der Waals surface area contributed by atoms with Gasteiger partial charge in [0.1, 0.15) is 48.8 Å². The summed E-state index contributed by atoms with van der Waals surface area (Å²) in [6, 6.07) is 80.7. The lowest BCUT2D eigenvalue weighted by molar-refractivity contribution is -0.327. The fraction of sp³-hybridized carbons (Fsp3) is 0.306. The lowest BCUT2D eigenvalue weighted by Gasteiger charge is -2.46. The van der Waals surface area contributed by atoms with E-state index < -0.39 is 61.4 Å². The van der Waals surface area contributed by atoms with Crippen molar-refractivity contribution in [3.63, 3.8) is 0 Å². The Bertz CT molecular complexity index is 2830. The quantitative estimate of drug-likeness (QED) is 0.0374. The van der Waals surface area contributed by atoms with E-state index in [1.807, 2.05) is 255 Å². The van der Waals surface area contributed by atoms with Gasteiger partial charge < -0.3 is 56.8 Å². The Balaban J connectivity index is 0.896. The molecular formula is C72H76O12. The summed E-state index contributed by atoms with van der Waals surface area (Å²) in [7, 11) is 0. The molecule has 0 aliphatic carbocycles. The lowest BCUT2D eigenvalue weighted by Crippen LogP contribution is -2.61. The van der Waals surface area contributed by atoms with Gasteiger partial charge in [0.25, 0.3) is 0 Å². The van der Waals surface area contributed by atoms with E-state index in [4.69, 9.17) is 56.8 Å². The van der Waals surface area contributed by atoms with Crippen LogP contribution in [-0.4, -0.2) is 87.8 Å². The molecule has 0 radical (unpaired) electrons. The van der Waals surface area contributed by atoms with E-state index in [-0.39, 0.29) is 39.6 Å². The highest BCUT2D eigenvalue weighted by molar-refractivity contribution is 5.20. The molecule has 0 N–H and O–H groups in total. The SMILES string of the molecule is C(=C\CO[C@@H]1O[C@H](COCc2ccccc2)[C@H](OCc2ccccc2)[C@H](OCc2ccccc2)[C@H]1OCc1ccccc1)/CO[C@@H]1O[C@H](COCc2ccccc2)[C@H](OCc2ccccc2)[C@H](OCc2ccccc2)[C@H]1OCc1ccccc1. The summed E-state index contributed by atoms with van der Waals surface area (Å²) in [5.74, 6) is 0. The van der Waals surface area contributed by atoms with Gasteiger partial charge in [0.2, 0.25) is 0 Å². The standard InChI is InChI=1S/C72H76O12/c1-9-27-55(28-10-1)45-73-53-63-65(77-47-57-31-13-3-14-32-57)67(79-49-59-35-17-5-18-36-59)69(81-51-61-39-21-7-22-40-61)71(83-63)75-43-25-26-44-76-72-70(82-52-62-41-23-8-24-42-62)68(80-50-60-37-19-6-20-38-60)66(78-48-58-33-15-4-16-34-58)64(84-72)54-74-46-56-29-11-2-12-30-56/h1-42,63-72H,43-54H2/b26-25+/t63-,64-,65+,66+,67+,68+,69-,70-,71-,72-/m1/s1. The number of hydrogen-bond acceptors (Lipinski definition) is 12. The van der Waals surface area contributed by atoms with Crippen LogP contribution in [0.5, 0.6) is 0 Å². The summed E-state index contributed by atoms with van der Waals surface area (Å²) in [5.41, 5.74) is 8.12. The second-order valence-corrected chi connectivity index (χ2v) is 20.8. The van der Waals surface area contributed by atoms with Gasteiger partial charge in [-0.25, -0.2) is 0 Å². The molecule has 0 bridgehead atoms. The first kappa shape index (κ1) is 60.2. The monoisotopic (exact) mass is 1130 g/mol. The van der Waals surface area contributed by atoms with E-state index >= 15 is 0 Å². The van der Waals surface area contributed by atoms with E-state index in [1.165, 1.54) is 0 Å². The summed E-state index contributed by atoms with van der Waals surface area (Å²) >= 11 is 0. The van der Waals surface area contributed by atoms with Crippen molar-refractivity contribution in [2.75, 3.05) is 26.4 Å². The highest BCUT2D eigenvalue weighted by Gasteiger charge is 2.50. The van der Waals surface area contributed by atoms with Crippen LogP contribution in [0, 0.1) is 0 Å². The Labute approximate surface area is 494 Å². The van der Waals surface area contributed by atoms with Crippen molar-refractivity contribution in [1.29, 1.82) is 0 Å². The van der Waals surface area contributed by atoms with E-state index in [0.29, 0.717) is 39.6 Å². The average molecular weight is 1130 g/mol. The fourth-order valence-electron chi connectivity index (χ4n) is 10.2. The summed E-state index contributed by atoms with van der Waals surface area (Å²) in [6.45, 7) is 3.28. The average Bonchev–Trinajstić information content (AvgIpc) is 3.59. The minimum atomic E-state index is -0.897. The summed E-state index contributed by atoms with van der Waals surface area (Å²) in [4.78, 5) is 0. The zero-order valence-corrected chi connectivity index (χ0v) is 47.4. The van der Waals surface area contributed by atoms with Crippen LogP contribution < -0.4 is 0 Å². The predicted octanol–water partition coefficient (Wildman–Crippen LogP) is 13.0. The number of rotatable bonds is 32. The minimum Gasteiger partial charge on any atom is -0.374 e. The van der Waals surface area contributed by atoms with Crippen LogP contribution in [0.1, 0.15) is 44.5 Å². The van der Waals surface area contributed by atoms with Gasteiger partial charge in [-0.1, -0.05) is 255 Å². The second-order valence-electron chi connectivity index (χ2n) is 20.8. The van der Waals surface area contributed by atoms with Crippen LogP contribution in [-0.2, 0) is 110 Å². The van der Waals surface area contributed by atoms with Crippen molar-refractivity contribution >= 4 is 0 Å². The maximum atomic E-state index is 6.97. The molecule has 2 heterocycles. The Morgan fingerprint density at radius 3 is 0.702 bits per heavy atom. The molecule has 0 aromatic heterocycles. The maximum Gasteiger partial charge on any atom is 0.187 e. The van der Waals surface area contributed by atoms with Gasteiger partial charge in [0.15, 0.2) is 12.6 Å². The molecule has 8 aromatic carbocycles. The number of ether oxygens (including phenoxy) is 12. The smallest absolute Gasteiger partial charge is 0.187 e. The molecule has 2 aliphatic rings. The molecule has 2 saturated heterocycles. The molecular weight excluding hydrogens is 1060 g/mol. The molecule has 0 spiro atoms. The predicted molar refractivity (Wildman–Crippen MR) is 321 cm³/mol. The van der Waals surface area contributed by atoms with Crippen LogP contribution in [0.15, 0.2) is 255 Å². The minimum absolute atomic E-state index is 0.144. The van der Waals surface area contributed by atoms with Gasteiger partial charge in [-0.05, 0) is 44.5 Å². The number of benzene rings is 8. The molecule has 12 heteroatoms. The summed E-state index contributed by atoms with van der Waals surface area (Å²) < 4.78 is 81.7. The zero-order chi connectivity index (χ0) is 57.1. The zero-order valence-electron chi connectivity index (χ0n) is 47.4. The first-order valence-corrected chi connectivity index (χ1v) is 29.0. The third kappa shape index (κ3) is 18.8. The molecule has 12 nitrogen and oxygen atoms in total. The lowest BCUT2D eigenvalue weighted by atomic mass is 9.97. The Morgan fingerprint density at radius 2 is 0.452 bits per heavy atom. The molecule has 10 rings (SSSR count). The molecule has 0 unspecified atom stereocenters. The van der Waals surface area contributed by atoms with Crippen LogP contribution in [0.3, 0.4) is 0 Å². The highest BCUT2D eigenvalue weighted by atomic mass is 16.7. The van der Waals surface area contributed by atoms with Gasteiger partial charge in [-0.15, -0.1) is 0 Å². The summed E-state index contributed by atoms with van der Waals surface area (Å²) in [6.07, 6.45) is -3.16. The van der Waals surface area contributed by atoms with Gasteiger partial charge in [-0.3, -0.25) is 0 Å². The van der Waals surface area contributed by atoms with Crippen molar-refractivity contribution in [1.82, 2.24) is 0 Å².